The van der Waals surface area contributed by atoms with Crippen LogP contribution in [0.2, 0.25) is 0 Å². The lowest BCUT2D eigenvalue weighted by Crippen LogP contribution is -2.40. The lowest BCUT2D eigenvalue weighted by Gasteiger charge is -2.26. The van der Waals surface area contributed by atoms with Gasteiger partial charge in [-0.25, -0.2) is 8.78 Å². The number of likely N-dealkylation sites (tertiary alicyclic amines) is 1. The van der Waals surface area contributed by atoms with Gasteiger partial charge in [0.1, 0.15) is 5.41 Å². The van der Waals surface area contributed by atoms with Gasteiger partial charge >= 0.3 is 6.18 Å². The molecule has 0 N–H and O–H groups in total. The third-order valence-electron chi connectivity index (χ3n) is 5.10. The number of benzene rings is 1. The van der Waals surface area contributed by atoms with Crippen molar-refractivity contribution in [1.29, 1.82) is 0 Å². The van der Waals surface area contributed by atoms with E-state index in [1.54, 1.807) is 12.1 Å². The van der Waals surface area contributed by atoms with Crippen LogP contribution in [0.15, 0.2) is 18.2 Å². The lowest BCUT2D eigenvalue weighted by atomic mass is 9.86. The van der Waals surface area contributed by atoms with Crippen molar-refractivity contribution in [3.63, 3.8) is 0 Å². The smallest absolute Gasteiger partial charge is 0.375 e. The topological polar surface area (TPSA) is 15.7 Å². The molecule has 1 unspecified atom stereocenters. The minimum Gasteiger partial charge on any atom is -0.375 e. The van der Waals surface area contributed by atoms with E-state index in [0.29, 0.717) is 18.7 Å². The van der Waals surface area contributed by atoms with Crippen molar-refractivity contribution in [2.45, 2.75) is 25.6 Å². The van der Waals surface area contributed by atoms with Gasteiger partial charge in [-0.05, 0) is 18.6 Å². The van der Waals surface area contributed by atoms with Crippen LogP contribution in [-0.2, 0) is 11.3 Å². The number of fused-ring (bicyclic) bond motifs is 1. The average molecular weight is 388 g/mol. The Morgan fingerprint density at radius 1 is 1.26 bits per heavy atom. The average Bonchev–Trinajstić information content (AvgIpc) is 2.90. The van der Waals surface area contributed by atoms with E-state index in [1.807, 2.05) is 18.0 Å². The molecule has 1 aromatic rings. The highest BCUT2D eigenvalue weighted by atomic mass is 19.4. The summed E-state index contributed by atoms with van der Waals surface area (Å²) >= 11 is 0. The maximum absolute atomic E-state index is 13.7. The Hall–Kier alpha value is -1.85. The molecule has 1 fully saturated rings. The van der Waals surface area contributed by atoms with Gasteiger partial charge in [0.05, 0.1) is 19.8 Å². The molecular weight excluding hydrogens is 367 g/mol. The molecular formula is C19H21F5N2O. The van der Waals surface area contributed by atoms with Gasteiger partial charge in [0.25, 0.3) is 6.43 Å². The summed E-state index contributed by atoms with van der Waals surface area (Å²) in [5.41, 5.74) is -0.171. The standard InChI is InChI=1S/C19H21F5N2O/c1-25-9-10-27-12-15-14(3-2-4-16(15)25)5-6-18(19(22,23)24)7-8-26(13-18)11-17(20)21/h2-4,17H,7-13H2,1H3. The van der Waals surface area contributed by atoms with Crippen LogP contribution in [0.25, 0.3) is 0 Å². The monoisotopic (exact) mass is 388 g/mol. The van der Waals surface area contributed by atoms with E-state index in [4.69, 9.17) is 4.74 Å². The first-order chi connectivity index (χ1) is 12.7. The van der Waals surface area contributed by atoms with E-state index in [9.17, 15) is 22.0 Å². The van der Waals surface area contributed by atoms with E-state index >= 15 is 0 Å². The van der Waals surface area contributed by atoms with E-state index in [0.717, 1.165) is 16.2 Å². The normalized spacial score (nSPS) is 23.7. The third-order valence-corrected chi connectivity index (χ3v) is 5.10. The van der Waals surface area contributed by atoms with Gasteiger partial charge in [-0.15, -0.1) is 0 Å². The SMILES string of the molecule is CN1CCOCc2c(C#CC3(C(F)(F)F)CCN(CC(F)F)C3)cccc21. The summed E-state index contributed by atoms with van der Waals surface area (Å²) < 4.78 is 71.9. The molecule has 0 saturated carbocycles. The minimum absolute atomic E-state index is 0.0444. The number of hydrogen-bond donors (Lipinski definition) is 0. The summed E-state index contributed by atoms with van der Waals surface area (Å²) in [6, 6.07) is 5.31. The van der Waals surface area contributed by atoms with Gasteiger partial charge in [0.15, 0.2) is 0 Å². The second-order valence-electron chi connectivity index (χ2n) is 6.98. The van der Waals surface area contributed by atoms with Crippen LogP contribution in [0, 0.1) is 17.3 Å². The molecule has 0 radical (unpaired) electrons. The molecule has 0 bridgehead atoms. The van der Waals surface area contributed by atoms with Crippen LogP contribution < -0.4 is 4.90 Å². The third kappa shape index (κ3) is 4.19. The number of hydrogen-bond acceptors (Lipinski definition) is 3. The van der Waals surface area contributed by atoms with E-state index in [1.165, 1.54) is 0 Å². The quantitative estimate of drug-likeness (QED) is 0.570. The van der Waals surface area contributed by atoms with Crippen molar-refractivity contribution >= 4 is 5.69 Å². The number of halogens is 5. The van der Waals surface area contributed by atoms with Crippen molar-refractivity contribution in [3.8, 4) is 11.8 Å². The van der Waals surface area contributed by atoms with Crippen LogP contribution in [0.4, 0.5) is 27.6 Å². The molecule has 2 aliphatic heterocycles. The first-order valence-electron chi connectivity index (χ1n) is 8.73. The Morgan fingerprint density at radius 3 is 2.74 bits per heavy atom. The van der Waals surface area contributed by atoms with E-state index in [2.05, 4.69) is 11.8 Å². The molecule has 0 amide bonds. The molecule has 0 aliphatic carbocycles. The molecule has 8 heteroatoms. The van der Waals surface area contributed by atoms with Crippen LogP contribution in [-0.4, -0.2) is 57.3 Å². The van der Waals surface area contributed by atoms with Gasteiger partial charge < -0.3 is 9.64 Å². The Kier molecular flexibility index (Phi) is 5.63. The number of anilines is 1. The fraction of sp³-hybridized carbons (Fsp3) is 0.579. The molecule has 3 nitrogen and oxygen atoms in total. The zero-order valence-corrected chi connectivity index (χ0v) is 15.0. The van der Waals surface area contributed by atoms with Crippen LogP contribution >= 0.6 is 0 Å². The van der Waals surface area contributed by atoms with Crippen molar-refractivity contribution < 1.29 is 26.7 Å². The summed E-state index contributed by atoms with van der Waals surface area (Å²) in [6.07, 6.45) is -7.56. The molecule has 0 spiro atoms. The predicted molar refractivity (Wildman–Crippen MR) is 91.8 cm³/mol. The highest BCUT2D eigenvalue weighted by Crippen LogP contribution is 2.45. The molecule has 3 rings (SSSR count). The zero-order chi connectivity index (χ0) is 19.7. The van der Waals surface area contributed by atoms with E-state index in [-0.39, 0.29) is 19.6 Å². The highest BCUT2D eigenvalue weighted by Gasteiger charge is 2.57. The minimum atomic E-state index is -4.59. The summed E-state index contributed by atoms with van der Waals surface area (Å²) in [7, 11) is 1.89. The molecule has 1 atom stereocenters. The van der Waals surface area contributed by atoms with Crippen molar-refractivity contribution in [2.24, 2.45) is 5.41 Å². The van der Waals surface area contributed by atoms with Crippen molar-refractivity contribution in [3.05, 3.63) is 29.3 Å². The largest absolute Gasteiger partial charge is 0.406 e. The summed E-state index contributed by atoms with van der Waals surface area (Å²) in [5, 5.41) is 0. The zero-order valence-electron chi connectivity index (χ0n) is 15.0. The molecule has 2 heterocycles. The van der Waals surface area contributed by atoms with E-state index < -0.39 is 31.1 Å². The molecule has 1 saturated heterocycles. The predicted octanol–water partition coefficient (Wildman–Crippen LogP) is 3.52. The van der Waals surface area contributed by atoms with Crippen LogP contribution in [0.3, 0.4) is 0 Å². The lowest BCUT2D eigenvalue weighted by molar-refractivity contribution is -0.197. The first-order valence-corrected chi connectivity index (χ1v) is 8.73. The van der Waals surface area contributed by atoms with Gasteiger partial charge in [-0.3, -0.25) is 4.90 Å². The summed E-state index contributed by atoms with van der Waals surface area (Å²) in [6.45, 7) is 0.239. The number of likely N-dealkylation sites (N-methyl/N-ethyl adjacent to an activating group) is 1. The Labute approximate surface area is 155 Å². The van der Waals surface area contributed by atoms with Crippen LogP contribution in [0.5, 0.6) is 0 Å². The van der Waals surface area contributed by atoms with Crippen LogP contribution in [0.1, 0.15) is 17.5 Å². The number of rotatable bonds is 2. The fourth-order valence-corrected chi connectivity index (χ4v) is 3.53. The fourth-order valence-electron chi connectivity index (χ4n) is 3.53. The second kappa shape index (κ2) is 7.64. The number of nitrogens with zero attached hydrogens (tertiary/aromatic N) is 2. The number of alkyl halides is 5. The first kappa shape index (κ1) is 19.9. The summed E-state index contributed by atoms with van der Waals surface area (Å²) in [5.74, 6) is 5.10. The maximum Gasteiger partial charge on any atom is 0.406 e. The molecule has 1 aromatic carbocycles. The maximum atomic E-state index is 13.7. The Balaban J connectivity index is 1.94. The Bertz CT molecular complexity index is 740. The molecule has 2 aliphatic rings. The second-order valence-corrected chi connectivity index (χ2v) is 6.98. The Morgan fingerprint density at radius 2 is 2.04 bits per heavy atom. The molecule has 0 aromatic heterocycles. The van der Waals surface area contributed by atoms with Gasteiger partial charge in [-0.2, -0.15) is 13.2 Å². The van der Waals surface area contributed by atoms with Gasteiger partial charge in [0, 0.05) is 43.5 Å². The molecule has 27 heavy (non-hydrogen) atoms. The van der Waals surface area contributed by atoms with Gasteiger partial charge in [0.2, 0.25) is 0 Å². The summed E-state index contributed by atoms with van der Waals surface area (Å²) in [4.78, 5) is 3.11. The van der Waals surface area contributed by atoms with Gasteiger partial charge in [-0.1, -0.05) is 17.9 Å². The highest BCUT2D eigenvalue weighted by molar-refractivity contribution is 5.60. The molecule has 148 valence electrons. The van der Waals surface area contributed by atoms with Crippen molar-refractivity contribution in [2.75, 3.05) is 44.7 Å². The van der Waals surface area contributed by atoms with Crippen molar-refractivity contribution in [1.82, 2.24) is 4.90 Å². The number of ether oxygens (including phenoxy) is 1.